The van der Waals surface area contributed by atoms with E-state index in [1.54, 1.807) is 0 Å². The second-order valence-corrected chi connectivity index (χ2v) is 12.5. The fourth-order valence-corrected chi connectivity index (χ4v) is 5.88. The lowest BCUT2D eigenvalue weighted by Crippen LogP contribution is -2.29. The van der Waals surface area contributed by atoms with Gasteiger partial charge in [0.15, 0.2) is 0 Å². The summed E-state index contributed by atoms with van der Waals surface area (Å²) in [6, 6.07) is 0. The van der Waals surface area contributed by atoms with Crippen molar-refractivity contribution in [3.05, 3.63) is 0 Å². The summed E-state index contributed by atoms with van der Waals surface area (Å²) >= 11 is 0. The molecule has 2 nitrogen and oxygen atoms in total. The van der Waals surface area contributed by atoms with Crippen LogP contribution >= 0.6 is 0 Å². The first-order valence-corrected chi connectivity index (χ1v) is 17.5. The molecule has 2 N–H and O–H groups in total. The standard InChI is InChI=1S/C35H72O2/c1-3-5-7-9-11-13-15-17-19-21-23-25-27-29-31-35(33-36,34-37)32-30-28-26-24-22-20-18-16-14-12-10-8-6-4-2/h36-37H,3-34H2,1-2H3. The number of hydrogen-bond donors (Lipinski definition) is 2. The van der Waals surface area contributed by atoms with Gasteiger partial charge >= 0.3 is 0 Å². The van der Waals surface area contributed by atoms with Gasteiger partial charge in [-0.2, -0.15) is 0 Å². The van der Waals surface area contributed by atoms with E-state index in [1.165, 1.54) is 167 Å². The maximum Gasteiger partial charge on any atom is 0.0509 e. The number of rotatable bonds is 32. The van der Waals surface area contributed by atoms with Gasteiger partial charge in [0.1, 0.15) is 0 Å². The summed E-state index contributed by atoms with van der Waals surface area (Å²) in [5.74, 6) is 0. The van der Waals surface area contributed by atoms with Crippen LogP contribution in [0.5, 0.6) is 0 Å². The smallest absolute Gasteiger partial charge is 0.0509 e. The van der Waals surface area contributed by atoms with Crippen molar-refractivity contribution in [2.75, 3.05) is 13.2 Å². The summed E-state index contributed by atoms with van der Waals surface area (Å²) in [6.07, 6.45) is 40.5. The maximum atomic E-state index is 10.0. The molecule has 0 aromatic carbocycles. The van der Waals surface area contributed by atoms with Crippen LogP contribution in [0, 0.1) is 5.41 Å². The molecular weight excluding hydrogens is 452 g/mol. The van der Waals surface area contributed by atoms with E-state index in [0.717, 1.165) is 25.7 Å². The lowest BCUT2D eigenvalue weighted by molar-refractivity contribution is 0.0353. The summed E-state index contributed by atoms with van der Waals surface area (Å²) in [4.78, 5) is 0. The van der Waals surface area contributed by atoms with Crippen LogP contribution in [-0.2, 0) is 0 Å². The molecule has 0 aliphatic carbocycles. The molecule has 0 radical (unpaired) electrons. The summed E-state index contributed by atoms with van der Waals surface area (Å²) in [5.41, 5.74) is -0.228. The van der Waals surface area contributed by atoms with Gasteiger partial charge in [0.25, 0.3) is 0 Å². The Morgan fingerprint density at radius 1 is 0.297 bits per heavy atom. The number of unbranched alkanes of at least 4 members (excludes halogenated alkanes) is 26. The first-order chi connectivity index (χ1) is 18.2. The largest absolute Gasteiger partial charge is 0.396 e. The van der Waals surface area contributed by atoms with E-state index in [1.807, 2.05) is 0 Å². The molecule has 0 spiro atoms. The highest BCUT2D eigenvalue weighted by Crippen LogP contribution is 2.31. The maximum absolute atomic E-state index is 10.0. The molecule has 0 saturated heterocycles. The van der Waals surface area contributed by atoms with Crippen molar-refractivity contribution in [1.82, 2.24) is 0 Å². The summed E-state index contributed by atoms with van der Waals surface area (Å²) in [7, 11) is 0. The molecule has 0 saturated carbocycles. The fraction of sp³-hybridized carbons (Fsp3) is 1.00. The number of aliphatic hydroxyl groups excluding tert-OH is 2. The zero-order chi connectivity index (χ0) is 27.1. The molecule has 0 fully saturated rings. The van der Waals surface area contributed by atoms with E-state index in [0.29, 0.717) is 0 Å². The predicted octanol–water partition coefficient (Wildman–Crippen LogP) is 11.7. The SMILES string of the molecule is CCCCCCCCCCCCCCCCC(CO)(CO)CCCCCCCCCCCCCCCC. The average Bonchev–Trinajstić information content (AvgIpc) is 2.92. The van der Waals surface area contributed by atoms with Crippen LogP contribution in [-0.4, -0.2) is 23.4 Å². The molecule has 2 heteroatoms. The van der Waals surface area contributed by atoms with Crippen LogP contribution in [0.15, 0.2) is 0 Å². The molecule has 0 rings (SSSR count). The van der Waals surface area contributed by atoms with Crippen LogP contribution in [0.4, 0.5) is 0 Å². The van der Waals surface area contributed by atoms with Crippen LogP contribution < -0.4 is 0 Å². The second-order valence-electron chi connectivity index (χ2n) is 12.5. The molecule has 0 bridgehead atoms. The summed E-state index contributed by atoms with van der Waals surface area (Å²) in [5, 5.41) is 20.0. The first-order valence-electron chi connectivity index (χ1n) is 17.5. The Labute approximate surface area is 235 Å². The molecule has 0 aliphatic rings. The molecule has 0 aromatic heterocycles. The van der Waals surface area contributed by atoms with E-state index in [2.05, 4.69) is 13.8 Å². The van der Waals surface area contributed by atoms with Gasteiger partial charge in [0, 0.05) is 5.41 Å². The van der Waals surface area contributed by atoms with Gasteiger partial charge in [-0.15, -0.1) is 0 Å². The van der Waals surface area contributed by atoms with E-state index < -0.39 is 0 Å². The quantitative estimate of drug-likeness (QED) is 0.0859. The predicted molar refractivity (Wildman–Crippen MR) is 166 cm³/mol. The van der Waals surface area contributed by atoms with Crippen molar-refractivity contribution in [2.45, 2.75) is 206 Å². The third-order valence-corrected chi connectivity index (χ3v) is 8.79. The Morgan fingerprint density at radius 2 is 0.486 bits per heavy atom. The van der Waals surface area contributed by atoms with Crippen molar-refractivity contribution in [3.8, 4) is 0 Å². The van der Waals surface area contributed by atoms with Gasteiger partial charge < -0.3 is 10.2 Å². The third-order valence-electron chi connectivity index (χ3n) is 8.79. The minimum absolute atomic E-state index is 0.153. The van der Waals surface area contributed by atoms with Crippen molar-refractivity contribution < 1.29 is 10.2 Å². The Kier molecular flexibility index (Phi) is 30.4. The molecule has 0 atom stereocenters. The zero-order valence-electron chi connectivity index (χ0n) is 26.0. The van der Waals surface area contributed by atoms with Crippen molar-refractivity contribution in [2.24, 2.45) is 5.41 Å². The normalized spacial score (nSPS) is 12.0. The molecule has 0 amide bonds. The first kappa shape index (κ1) is 36.9. The van der Waals surface area contributed by atoms with Gasteiger partial charge in [-0.3, -0.25) is 0 Å². The molecule has 0 aliphatic heterocycles. The molecule has 37 heavy (non-hydrogen) atoms. The van der Waals surface area contributed by atoms with Crippen molar-refractivity contribution >= 4 is 0 Å². The van der Waals surface area contributed by atoms with Gasteiger partial charge in [-0.05, 0) is 12.8 Å². The van der Waals surface area contributed by atoms with E-state index >= 15 is 0 Å². The molecule has 0 aromatic rings. The fourth-order valence-electron chi connectivity index (χ4n) is 5.88. The van der Waals surface area contributed by atoms with Gasteiger partial charge in [0.2, 0.25) is 0 Å². The highest BCUT2D eigenvalue weighted by molar-refractivity contribution is 4.78. The van der Waals surface area contributed by atoms with E-state index in [4.69, 9.17) is 0 Å². The monoisotopic (exact) mass is 525 g/mol. The highest BCUT2D eigenvalue weighted by atomic mass is 16.3. The zero-order valence-corrected chi connectivity index (χ0v) is 26.0. The van der Waals surface area contributed by atoms with Gasteiger partial charge in [-0.25, -0.2) is 0 Å². The molecular formula is C35H72O2. The summed E-state index contributed by atoms with van der Waals surface area (Å²) in [6.45, 7) is 4.88. The second kappa shape index (κ2) is 30.5. The third kappa shape index (κ3) is 25.9. The topological polar surface area (TPSA) is 40.5 Å². The minimum atomic E-state index is -0.228. The summed E-state index contributed by atoms with van der Waals surface area (Å²) < 4.78 is 0. The molecule has 224 valence electrons. The van der Waals surface area contributed by atoms with Crippen molar-refractivity contribution in [3.63, 3.8) is 0 Å². The van der Waals surface area contributed by atoms with Crippen LogP contribution in [0.25, 0.3) is 0 Å². The number of hydrogen-bond acceptors (Lipinski definition) is 2. The van der Waals surface area contributed by atoms with Crippen LogP contribution in [0.3, 0.4) is 0 Å². The van der Waals surface area contributed by atoms with E-state index in [-0.39, 0.29) is 18.6 Å². The lowest BCUT2D eigenvalue weighted by atomic mass is 9.79. The number of aliphatic hydroxyl groups is 2. The molecule has 0 unspecified atom stereocenters. The Bertz CT molecular complexity index is 370. The van der Waals surface area contributed by atoms with Crippen LogP contribution in [0.2, 0.25) is 0 Å². The van der Waals surface area contributed by atoms with Crippen LogP contribution in [0.1, 0.15) is 206 Å². The Hall–Kier alpha value is -0.0800. The lowest BCUT2D eigenvalue weighted by Gasteiger charge is -2.30. The molecule has 0 heterocycles. The van der Waals surface area contributed by atoms with Gasteiger partial charge in [-0.1, -0.05) is 194 Å². The minimum Gasteiger partial charge on any atom is -0.396 e. The Morgan fingerprint density at radius 3 is 0.676 bits per heavy atom. The van der Waals surface area contributed by atoms with Crippen molar-refractivity contribution in [1.29, 1.82) is 0 Å². The van der Waals surface area contributed by atoms with Gasteiger partial charge in [0.05, 0.1) is 13.2 Å². The van der Waals surface area contributed by atoms with E-state index in [9.17, 15) is 10.2 Å². The Balaban J connectivity index is 3.54. The highest BCUT2D eigenvalue weighted by Gasteiger charge is 2.27. The average molecular weight is 525 g/mol.